The number of rotatable bonds is 2. The number of carbonyl (C=O) groups excluding carboxylic acids is 1. The molecule has 0 radical (unpaired) electrons. The highest BCUT2D eigenvalue weighted by Crippen LogP contribution is 2.38. The van der Waals surface area contributed by atoms with E-state index < -0.39 is 11.7 Å². The SMILES string of the molecule is Cc1noc2nc([C@H]3CCCN(C(=O)c4ccnn4C)C3)cc(C(F)(F)F)c12. The number of piperidine rings is 1. The number of halogens is 3. The van der Waals surface area contributed by atoms with Gasteiger partial charge in [-0.15, -0.1) is 0 Å². The van der Waals surface area contributed by atoms with Gasteiger partial charge < -0.3 is 9.42 Å². The maximum absolute atomic E-state index is 13.6. The molecule has 4 heterocycles. The molecule has 1 aliphatic rings. The second-order valence-electron chi connectivity index (χ2n) is 6.97. The first-order valence-electron chi connectivity index (χ1n) is 8.87. The number of alkyl halides is 3. The van der Waals surface area contributed by atoms with Crippen LogP contribution in [0, 0.1) is 6.92 Å². The van der Waals surface area contributed by atoms with E-state index in [0.29, 0.717) is 25.1 Å². The first-order valence-corrected chi connectivity index (χ1v) is 8.87. The van der Waals surface area contributed by atoms with Crippen LogP contribution in [0.4, 0.5) is 13.2 Å². The minimum atomic E-state index is -4.55. The van der Waals surface area contributed by atoms with Gasteiger partial charge in [0.2, 0.25) is 0 Å². The summed E-state index contributed by atoms with van der Waals surface area (Å²) in [6, 6.07) is 2.69. The molecule has 0 spiro atoms. The van der Waals surface area contributed by atoms with Crippen LogP contribution in [0.5, 0.6) is 0 Å². The van der Waals surface area contributed by atoms with Crippen molar-refractivity contribution in [1.29, 1.82) is 0 Å². The van der Waals surface area contributed by atoms with Crippen molar-refractivity contribution < 1.29 is 22.5 Å². The smallest absolute Gasteiger partial charge is 0.337 e. The molecule has 10 heteroatoms. The Balaban J connectivity index is 1.68. The lowest BCUT2D eigenvalue weighted by atomic mass is 9.92. The summed E-state index contributed by atoms with van der Waals surface area (Å²) in [4.78, 5) is 18.7. The first-order chi connectivity index (χ1) is 13.3. The van der Waals surface area contributed by atoms with E-state index in [-0.39, 0.29) is 40.9 Å². The summed E-state index contributed by atoms with van der Waals surface area (Å²) >= 11 is 0. The van der Waals surface area contributed by atoms with E-state index >= 15 is 0 Å². The molecule has 0 aromatic carbocycles. The summed E-state index contributed by atoms with van der Waals surface area (Å²) in [5.41, 5.74) is -0.0823. The summed E-state index contributed by atoms with van der Waals surface area (Å²) in [7, 11) is 1.67. The second kappa shape index (κ2) is 6.61. The van der Waals surface area contributed by atoms with Crippen molar-refractivity contribution in [3.63, 3.8) is 0 Å². The summed E-state index contributed by atoms with van der Waals surface area (Å²) in [5.74, 6) is -0.515. The minimum Gasteiger partial charge on any atom is -0.337 e. The van der Waals surface area contributed by atoms with Gasteiger partial charge in [0.25, 0.3) is 11.6 Å². The zero-order valence-electron chi connectivity index (χ0n) is 15.3. The quantitative estimate of drug-likeness (QED) is 0.668. The number of nitrogens with zero attached hydrogens (tertiary/aromatic N) is 5. The molecule has 0 saturated carbocycles. The molecule has 28 heavy (non-hydrogen) atoms. The highest BCUT2D eigenvalue weighted by atomic mass is 19.4. The molecule has 1 saturated heterocycles. The fourth-order valence-corrected chi connectivity index (χ4v) is 3.70. The van der Waals surface area contributed by atoms with E-state index in [1.165, 1.54) is 17.8 Å². The average Bonchev–Trinajstić information content (AvgIpc) is 3.25. The number of aryl methyl sites for hydroxylation is 2. The third-order valence-electron chi connectivity index (χ3n) is 5.11. The molecule has 1 aliphatic heterocycles. The number of amides is 1. The largest absolute Gasteiger partial charge is 0.417 e. The van der Waals surface area contributed by atoms with Crippen LogP contribution in [-0.4, -0.2) is 43.8 Å². The van der Waals surface area contributed by atoms with Crippen molar-refractivity contribution in [2.24, 2.45) is 7.05 Å². The summed E-state index contributed by atoms with van der Waals surface area (Å²) in [6.45, 7) is 2.28. The molecule has 148 valence electrons. The van der Waals surface area contributed by atoms with E-state index in [0.717, 1.165) is 6.07 Å². The predicted octanol–water partition coefficient (Wildman–Crippen LogP) is 3.30. The predicted molar refractivity (Wildman–Crippen MR) is 92.6 cm³/mol. The van der Waals surface area contributed by atoms with Gasteiger partial charge in [0.15, 0.2) is 0 Å². The van der Waals surface area contributed by atoms with Crippen LogP contribution in [-0.2, 0) is 13.2 Å². The van der Waals surface area contributed by atoms with Crippen molar-refractivity contribution >= 4 is 17.0 Å². The van der Waals surface area contributed by atoms with Crippen LogP contribution in [0.1, 0.15) is 46.2 Å². The molecule has 4 rings (SSSR count). The number of hydrogen-bond acceptors (Lipinski definition) is 5. The van der Waals surface area contributed by atoms with E-state index in [9.17, 15) is 18.0 Å². The van der Waals surface area contributed by atoms with E-state index in [1.807, 2.05) is 0 Å². The highest BCUT2D eigenvalue weighted by Gasteiger charge is 2.37. The van der Waals surface area contributed by atoms with Gasteiger partial charge in [0.1, 0.15) is 5.69 Å². The molecule has 0 unspecified atom stereocenters. The van der Waals surface area contributed by atoms with Crippen molar-refractivity contribution in [3.05, 3.63) is 41.0 Å². The molecule has 3 aromatic heterocycles. The van der Waals surface area contributed by atoms with E-state index in [1.54, 1.807) is 18.0 Å². The lowest BCUT2D eigenvalue weighted by molar-refractivity contribution is -0.136. The number of hydrogen-bond donors (Lipinski definition) is 0. The Morgan fingerprint density at radius 2 is 2.14 bits per heavy atom. The van der Waals surface area contributed by atoms with Crippen molar-refractivity contribution in [2.75, 3.05) is 13.1 Å². The van der Waals surface area contributed by atoms with Crippen LogP contribution in [0.3, 0.4) is 0 Å². The van der Waals surface area contributed by atoms with Gasteiger partial charge in [-0.3, -0.25) is 9.48 Å². The van der Waals surface area contributed by atoms with Crippen LogP contribution in [0.25, 0.3) is 11.1 Å². The molecule has 0 aliphatic carbocycles. The standard InChI is InChI=1S/C18H18F3N5O2/c1-10-15-12(18(19,20)21)8-13(23-16(15)28-24-10)11-4-3-7-26(9-11)17(27)14-5-6-22-25(14)2/h5-6,8,11H,3-4,7,9H2,1-2H3/t11-/m0/s1. The van der Waals surface area contributed by atoms with Crippen LogP contribution < -0.4 is 0 Å². The lowest BCUT2D eigenvalue weighted by Gasteiger charge is -2.32. The van der Waals surface area contributed by atoms with Crippen molar-refractivity contribution in [1.82, 2.24) is 24.8 Å². The Kier molecular flexibility index (Phi) is 4.35. The Labute approximate surface area is 158 Å². The summed E-state index contributed by atoms with van der Waals surface area (Å²) < 4.78 is 47.3. The topological polar surface area (TPSA) is 77.1 Å². The van der Waals surface area contributed by atoms with Gasteiger partial charge >= 0.3 is 6.18 Å². The summed E-state index contributed by atoms with van der Waals surface area (Å²) in [5, 5.41) is 7.51. The highest BCUT2D eigenvalue weighted by molar-refractivity contribution is 5.92. The van der Waals surface area contributed by atoms with E-state index in [4.69, 9.17) is 4.52 Å². The third-order valence-corrected chi connectivity index (χ3v) is 5.11. The Morgan fingerprint density at radius 3 is 2.82 bits per heavy atom. The van der Waals surface area contributed by atoms with Gasteiger partial charge in [-0.2, -0.15) is 18.3 Å². The molecule has 1 fully saturated rings. The lowest BCUT2D eigenvalue weighted by Crippen LogP contribution is -2.40. The number of carbonyl (C=O) groups is 1. The monoisotopic (exact) mass is 393 g/mol. The van der Waals surface area contributed by atoms with Crippen LogP contribution in [0.15, 0.2) is 22.9 Å². The number of fused-ring (bicyclic) bond motifs is 1. The maximum atomic E-state index is 13.6. The number of pyridine rings is 1. The molecule has 3 aromatic rings. The van der Waals surface area contributed by atoms with Crippen LogP contribution in [0.2, 0.25) is 0 Å². The summed E-state index contributed by atoms with van der Waals surface area (Å²) in [6.07, 6.45) is -1.71. The molecule has 7 nitrogen and oxygen atoms in total. The molecular formula is C18H18F3N5O2. The van der Waals surface area contributed by atoms with Gasteiger partial charge in [-0.1, -0.05) is 5.16 Å². The average molecular weight is 393 g/mol. The molecule has 0 N–H and O–H groups in total. The Morgan fingerprint density at radius 1 is 1.36 bits per heavy atom. The zero-order chi connectivity index (χ0) is 20.1. The van der Waals surface area contributed by atoms with Gasteiger partial charge in [-0.05, 0) is 31.9 Å². The Hall–Kier alpha value is -2.91. The fourth-order valence-electron chi connectivity index (χ4n) is 3.70. The van der Waals surface area contributed by atoms with Crippen LogP contribution >= 0.6 is 0 Å². The second-order valence-corrected chi connectivity index (χ2v) is 6.97. The molecule has 0 bridgehead atoms. The molecular weight excluding hydrogens is 375 g/mol. The zero-order valence-corrected chi connectivity index (χ0v) is 15.3. The minimum absolute atomic E-state index is 0.116. The van der Waals surface area contributed by atoms with Crippen molar-refractivity contribution in [3.8, 4) is 0 Å². The molecule has 1 atom stereocenters. The normalized spacial score (nSPS) is 18.0. The number of likely N-dealkylation sites (tertiary alicyclic amines) is 1. The van der Waals surface area contributed by atoms with Gasteiger partial charge in [0, 0.05) is 32.3 Å². The third kappa shape index (κ3) is 3.12. The number of aromatic nitrogens is 4. The fraction of sp³-hybridized carbons (Fsp3) is 0.444. The van der Waals surface area contributed by atoms with E-state index in [2.05, 4.69) is 15.2 Å². The first kappa shape index (κ1) is 18.5. The van der Waals surface area contributed by atoms with Gasteiger partial charge in [-0.25, -0.2) is 4.98 Å². The van der Waals surface area contributed by atoms with Gasteiger partial charge in [0.05, 0.1) is 22.3 Å². The molecule has 1 amide bonds. The van der Waals surface area contributed by atoms with Crippen molar-refractivity contribution in [2.45, 2.75) is 31.9 Å². The maximum Gasteiger partial charge on any atom is 0.417 e. The Bertz CT molecular complexity index is 1040.